The number of aliphatic imine (C=N–C) groups is 1. The molecule has 0 spiro atoms. The number of hydrogen-bond donors (Lipinski definition) is 0. The van der Waals surface area contributed by atoms with E-state index in [9.17, 15) is 70.7 Å². The maximum atomic E-state index is 14.8. The van der Waals surface area contributed by atoms with Gasteiger partial charge in [-0.3, -0.25) is 0 Å². The monoisotopic (exact) mass is 603 g/mol. The van der Waals surface area contributed by atoms with Crippen LogP contribution in [-0.2, 0) is 9.53 Å². The minimum absolute atomic E-state index is 0.0520. The summed E-state index contributed by atoms with van der Waals surface area (Å²) in [6, 6.07) is 3.01. The van der Waals surface area contributed by atoms with Gasteiger partial charge in [-0.25, -0.2) is 9.79 Å². The molecule has 0 aromatic heterocycles. The van der Waals surface area contributed by atoms with E-state index in [4.69, 9.17) is 0 Å². The van der Waals surface area contributed by atoms with Crippen molar-refractivity contribution in [1.82, 2.24) is 0 Å². The lowest BCUT2D eigenvalue weighted by Gasteiger charge is -2.41. The molecule has 1 aromatic carbocycles. The Bertz CT molecular complexity index is 1070. The van der Waals surface area contributed by atoms with Gasteiger partial charge in [-0.15, -0.1) is 0 Å². The first-order valence-corrected chi connectivity index (χ1v) is 9.83. The highest BCUT2D eigenvalue weighted by atomic mass is 19.4. The Kier molecular flexibility index (Phi) is 8.70. The molecule has 0 amide bonds. The molecule has 0 aliphatic rings. The first kappa shape index (κ1) is 34.1. The summed E-state index contributed by atoms with van der Waals surface area (Å²) >= 11 is 0. The summed E-state index contributed by atoms with van der Waals surface area (Å²) in [5, 5.41) is 0. The van der Waals surface area contributed by atoms with Crippen molar-refractivity contribution in [3.8, 4) is 5.75 Å². The molecule has 0 aliphatic carbocycles. The van der Waals surface area contributed by atoms with E-state index in [1.54, 1.807) is 0 Å². The fraction of sp³-hybridized carbons (Fsp3) is 0.600. The molecule has 4 nitrogen and oxygen atoms in total. The van der Waals surface area contributed by atoms with E-state index in [0.29, 0.717) is 12.1 Å². The molecule has 0 radical (unpaired) electrons. The SMILES string of the molecule is COc1ccc(N=C(C(=O)OC(C)(C)C)C(F)(F)C(F)(F)C(F)(F)C(F)(F)C(F)(F)C(F)(F)C(F)(F)F)cc1. The molecule has 19 heteroatoms. The molecule has 39 heavy (non-hydrogen) atoms. The van der Waals surface area contributed by atoms with Gasteiger partial charge in [-0.2, -0.15) is 65.9 Å². The second-order valence-corrected chi connectivity index (χ2v) is 8.60. The third-order valence-electron chi connectivity index (χ3n) is 4.53. The molecule has 0 saturated carbocycles. The van der Waals surface area contributed by atoms with Crippen molar-refractivity contribution in [3.63, 3.8) is 0 Å². The number of esters is 1. The summed E-state index contributed by atoms with van der Waals surface area (Å²) in [6.45, 7) is 2.73. The zero-order valence-corrected chi connectivity index (χ0v) is 19.7. The standard InChI is InChI=1S/C20H16F15NO3/c1-13(2,3)39-12(37)11(36-9-5-7-10(38-4)8-6-9)14(21,22)15(23,24)16(25,26)17(27,28)18(29,30)19(31,32)20(33,34)35/h5-8H,1-4H3. The number of ether oxygens (including phenoxy) is 2. The molecule has 0 heterocycles. The van der Waals surface area contributed by atoms with Crippen LogP contribution in [0.2, 0.25) is 0 Å². The number of carbonyl (C=O) groups is 1. The summed E-state index contributed by atoms with van der Waals surface area (Å²) < 4.78 is 213. The second kappa shape index (κ2) is 9.94. The summed E-state index contributed by atoms with van der Waals surface area (Å²) in [4.78, 5) is 14.9. The van der Waals surface area contributed by atoms with Crippen LogP contribution in [0.4, 0.5) is 71.5 Å². The maximum absolute atomic E-state index is 14.8. The summed E-state index contributed by atoms with van der Waals surface area (Å²) in [5.74, 6) is -51.2. The van der Waals surface area contributed by atoms with E-state index in [1.165, 1.54) is 0 Å². The van der Waals surface area contributed by atoms with Gasteiger partial charge in [0.25, 0.3) is 0 Å². The summed E-state index contributed by atoms with van der Waals surface area (Å²) in [5.41, 5.74) is -5.97. The molecule has 0 N–H and O–H groups in total. The van der Waals surface area contributed by atoms with Crippen LogP contribution < -0.4 is 4.74 Å². The number of hydrogen-bond acceptors (Lipinski definition) is 4. The van der Waals surface area contributed by atoms with Crippen molar-refractivity contribution in [2.45, 2.75) is 68.1 Å². The molecule has 224 valence electrons. The van der Waals surface area contributed by atoms with Crippen LogP contribution in [0, 0.1) is 0 Å². The highest BCUT2D eigenvalue weighted by molar-refractivity contribution is 6.40. The Morgan fingerprint density at radius 1 is 0.641 bits per heavy atom. The van der Waals surface area contributed by atoms with Gasteiger partial charge in [0.05, 0.1) is 12.8 Å². The zero-order valence-electron chi connectivity index (χ0n) is 19.7. The number of nitrogens with zero attached hydrogens (tertiary/aromatic N) is 1. The number of carbonyl (C=O) groups excluding carboxylic acids is 1. The lowest BCUT2D eigenvalue weighted by Crippen LogP contribution is -2.73. The van der Waals surface area contributed by atoms with Crippen molar-refractivity contribution < 1.29 is 80.1 Å². The van der Waals surface area contributed by atoms with Gasteiger partial charge in [0, 0.05) is 0 Å². The molecule has 0 aliphatic heterocycles. The van der Waals surface area contributed by atoms with Gasteiger partial charge in [-0.05, 0) is 45.0 Å². The first-order chi connectivity index (χ1) is 17.0. The molecule has 0 bridgehead atoms. The number of alkyl halides is 15. The van der Waals surface area contributed by atoms with E-state index < -0.39 is 64.7 Å². The van der Waals surface area contributed by atoms with E-state index in [-0.39, 0.29) is 5.75 Å². The number of halogens is 15. The molecule has 0 atom stereocenters. The molecular formula is C20H16F15NO3. The molecule has 0 fully saturated rings. The molecule has 1 aromatic rings. The van der Waals surface area contributed by atoms with E-state index >= 15 is 0 Å². The summed E-state index contributed by atoms with van der Waals surface area (Å²) in [7, 11) is 1.08. The highest BCUT2D eigenvalue weighted by Gasteiger charge is 2.94. The smallest absolute Gasteiger partial charge is 0.460 e. The molecule has 0 unspecified atom stereocenters. The van der Waals surface area contributed by atoms with Crippen LogP contribution in [-0.4, -0.2) is 66.1 Å². The van der Waals surface area contributed by atoms with Crippen molar-refractivity contribution in [1.29, 1.82) is 0 Å². The topological polar surface area (TPSA) is 47.9 Å². The lowest BCUT2D eigenvalue weighted by molar-refractivity contribution is -0.448. The zero-order chi connectivity index (χ0) is 31.3. The Morgan fingerprint density at radius 3 is 1.38 bits per heavy atom. The number of methoxy groups -OCH3 is 1. The van der Waals surface area contributed by atoms with E-state index in [0.717, 1.165) is 40.0 Å². The Hall–Kier alpha value is -2.89. The van der Waals surface area contributed by atoms with E-state index in [1.807, 2.05) is 0 Å². The average molecular weight is 603 g/mol. The van der Waals surface area contributed by atoms with Crippen LogP contribution in [0.3, 0.4) is 0 Å². The quantitative estimate of drug-likeness (QED) is 0.167. The maximum Gasteiger partial charge on any atom is 0.460 e. The molecule has 1 rings (SSSR count). The first-order valence-electron chi connectivity index (χ1n) is 9.83. The van der Waals surface area contributed by atoms with Crippen LogP contribution in [0.1, 0.15) is 20.8 Å². The Morgan fingerprint density at radius 2 is 1.03 bits per heavy atom. The van der Waals surface area contributed by atoms with Crippen LogP contribution in [0.25, 0.3) is 0 Å². The van der Waals surface area contributed by atoms with Crippen LogP contribution in [0.5, 0.6) is 5.75 Å². The van der Waals surface area contributed by atoms with Gasteiger partial charge in [0.15, 0.2) is 0 Å². The third kappa shape index (κ3) is 5.71. The van der Waals surface area contributed by atoms with Gasteiger partial charge in [0.2, 0.25) is 5.71 Å². The van der Waals surface area contributed by atoms with Crippen LogP contribution >= 0.6 is 0 Å². The van der Waals surface area contributed by atoms with Crippen molar-refractivity contribution in [3.05, 3.63) is 24.3 Å². The highest BCUT2D eigenvalue weighted by Crippen LogP contribution is 2.62. The molecular weight excluding hydrogens is 587 g/mol. The number of benzene rings is 1. The normalized spacial score (nSPS) is 15.3. The minimum Gasteiger partial charge on any atom is -0.497 e. The second-order valence-electron chi connectivity index (χ2n) is 8.60. The predicted molar refractivity (Wildman–Crippen MR) is 102 cm³/mol. The van der Waals surface area contributed by atoms with E-state index in [2.05, 4.69) is 14.5 Å². The minimum atomic E-state index is -8.51. The Balaban J connectivity index is 3.89. The number of rotatable bonds is 9. The average Bonchev–Trinajstić information content (AvgIpc) is 2.74. The predicted octanol–water partition coefficient (Wildman–Crippen LogP) is 7.48. The van der Waals surface area contributed by atoms with Crippen LogP contribution in [0.15, 0.2) is 29.3 Å². The van der Waals surface area contributed by atoms with Crippen molar-refractivity contribution in [2.75, 3.05) is 7.11 Å². The largest absolute Gasteiger partial charge is 0.497 e. The fourth-order valence-electron chi connectivity index (χ4n) is 2.47. The summed E-state index contributed by atoms with van der Waals surface area (Å²) in [6.07, 6.45) is -7.73. The van der Waals surface area contributed by atoms with Gasteiger partial charge in [0.1, 0.15) is 11.4 Å². The van der Waals surface area contributed by atoms with Gasteiger partial charge >= 0.3 is 47.7 Å². The van der Waals surface area contributed by atoms with Crippen molar-refractivity contribution >= 4 is 17.4 Å². The van der Waals surface area contributed by atoms with Crippen molar-refractivity contribution in [2.24, 2.45) is 4.99 Å². The fourth-order valence-corrected chi connectivity index (χ4v) is 2.47. The van der Waals surface area contributed by atoms with Gasteiger partial charge in [-0.1, -0.05) is 0 Å². The third-order valence-corrected chi connectivity index (χ3v) is 4.53. The Labute approximate surface area is 208 Å². The lowest BCUT2D eigenvalue weighted by atomic mass is 9.89. The van der Waals surface area contributed by atoms with Gasteiger partial charge < -0.3 is 9.47 Å². The molecule has 0 saturated heterocycles.